The van der Waals surface area contributed by atoms with Crippen molar-refractivity contribution in [2.24, 2.45) is 5.84 Å². The average Bonchev–Trinajstić information content (AvgIpc) is 2.31. The Morgan fingerprint density at radius 1 is 1.47 bits per heavy atom. The highest BCUT2D eigenvalue weighted by atomic mass is 19.1. The maximum atomic E-state index is 13.4. The van der Waals surface area contributed by atoms with Gasteiger partial charge in [-0.3, -0.25) is 5.43 Å². The largest absolute Gasteiger partial charge is 0.378 e. The SMILES string of the molecule is NNc1ncc(F)c(N2CCOCC2)n1. The van der Waals surface area contributed by atoms with Crippen molar-refractivity contribution in [3.05, 3.63) is 12.0 Å². The van der Waals surface area contributed by atoms with Crippen LogP contribution in [0.3, 0.4) is 0 Å². The first kappa shape index (κ1) is 10.1. The second kappa shape index (κ2) is 4.37. The van der Waals surface area contributed by atoms with Crippen LogP contribution in [0.25, 0.3) is 0 Å². The second-order valence-electron chi connectivity index (χ2n) is 3.11. The molecule has 0 spiro atoms. The summed E-state index contributed by atoms with van der Waals surface area (Å²) in [6.07, 6.45) is 1.10. The van der Waals surface area contributed by atoms with E-state index in [0.717, 1.165) is 6.20 Å². The summed E-state index contributed by atoms with van der Waals surface area (Å²) < 4.78 is 18.6. The van der Waals surface area contributed by atoms with Gasteiger partial charge in [0.2, 0.25) is 5.95 Å². The number of nitrogens with one attached hydrogen (secondary N) is 1. The number of hydrogen-bond acceptors (Lipinski definition) is 6. The van der Waals surface area contributed by atoms with Gasteiger partial charge in [0, 0.05) is 13.1 Å². The molecular weight excluding hydrogens is 201 g/mol. The third-order valence-electron chi connectivity index (χ3n) is 2.17. The topological polar surface area (TPSA) is 76.3 Å². The summed E-state index contributed by atoms with van der Waals surface area (Å²) in [6.45, 7) is 2.40. The molecule has 82 valence electrons. The van der Waals surface area contributed by atoms with Crippen LogP contribution in [0, 0.1) is 5.82 Å². The predicted molar refractivity (Wildman–Crippen MR) is 52.8 cm³/mol. The summed E-state index contributed by atoms with van der Waals surface area (Å²) >= 11 is 0. The Morgan fingerprint density at radius 2 is 2.20 bits per heavy atom. The number of nitrogen functional groups attached to an aromatic ring is 1. The maximum Gasteiger partial charge on any atom is 0.239 e. The minimum Gasteiger partial charge on any atom is -0.378 e. The highest BCUT2D eigenvalue weighted by Gasteiger charge is 2.17. The molecule has 1 fully saturated rings. The molecular formula is C8H12FN5O. The van der Waals surface area contributed by atoms with Crippen molar-refractivity contribution in [3.63, 3.8) is 0 Å². The molecule has 1 aromatic heterocycles. The summed E-state index contributed by atoms with van der Waals surface area (Å²) in [7, 11) is 0. The Morgan fingerprint density at radius 3 is 2.87 bits per heavy atom. The Bertz CT molecular complexity index is 342. The van der Waals surface area contributed by atoms with E-state index in [9.17, 15) is 4.39 Å². The van der Waals surface area contributed by atoms with Gasteiger partial charge in [-0.15, -0.1) is 0 Å². The molecule has 2 heterocycles. The number of rotatable bonds is 2. The monoisotopic (exact) mass is 213 g/mol. The Kier molecular flexibility index (Phi) is 2.93. The molecule has 0 amide bonds. The minimum absolute atomic E-state index is 0.206. The molecule has 1 aliphatic rings. The maximum absolute atomic E-state index is 13.4. The molecule has 0 aliphatic carbocycles. The summed E-state index contributed by atoms with van der Waals surface area (Å²) in [4.78, 5) is 9.44. The van der Waals surface area contributed by atoms with Crippen LogP contribution in [0.4, 0.5) is 16.2 Å². The predicted octanol–water partition coefficient (Wildman–Crippen LogP) is -0.262. The van der Waals surface area contributed by atoms with Crippen molar-refractivity contribution in [1.29, 1.82) is 0 Å². The quantitative estimate of drug-likeness (QED) is 0.520. The van der Waals surface area contributed by atoms with Crippen LogP contribution in [0.15, 0.2) is 6.20 Å². The minimum atomic E-state index is -0.448. The van der Waals surface area contributed by atoms with Crippen LogP contribution in [0.5, 0.6) is 0 Å². The van der Waals surface area contributed by atoms with Gasteiger partial charge < -0.3 is 9.64 Å². The van der Waals surface area contributed by atoms with Crippen LogP contribution in [-0.2, 0) is 4.74 Å². The Labute approximate surface area is 86.2 Å². The van der Waals surface area contributed by atoms with Gasteiger partial charge in [-0.05, 0) is 0 Å². The molecule has 1 aliphatic heterocycles. The van der Waals surface area contributed by atoms with Crippen molar-refractivity contribution >= 4 is 11.8 Å². The molecule has 0 radical (unpaired) electrons. The Hall–Kier alpha value is -1.47. The van der Waals surface area contributed by atoms with Gasteiger partial charge in [0.15, 0.2) is 11.6 Å². The number of aromatic nitrogens is 2. The molecule has 0 bridgehead atoms. The fraction of sp³-hybridized carbons (Fsp3) is 0.500. The summed E-state index contributed by atoms with van der Waals surface area (Å²) in [5, 5.41) is 0. The van der Waals surface area contributed by atoms with Crippen LogP contribution >= 0.6 is 0 Å². The highest BCUT2D eigenvalue weighted by Crippen LogP contribution is 2.17. The fourth-order valence-electron chi connectivity index (χ4n) is 1.42. The number of hydrogen-bond donors (Lipinski definition) is 2. The number of halogens is 1. The van der Waals surface area contributed by atoms with Crippen molar-refractivity contribution in [1.82, 2.24) is 9.97 Å². The van der Waals surface area contributed by atoms with E-state index >= 15 is 0 Å². The fourth-order valence-corrected chi connectivity index (χ4v) is 1.42. The van der Waals surface area contributed by atoms with E-state index < -0.39 is 5.82 Å². The number of nitrogens with zero attached hydrogens (tertiary/aromatic N) is 3. The molecule has 6 nitrogen and oxygen atoms in total. The molecule has 3 N–H and O–H groups in total. The third-order valence-corrected chi connectivity index (χ3v) is 2.17. The van der Waals surface area contributed by atoms with Gasteiger partial charge in [0.1, 0.15) is 0 Å². The number of anilines is 2. The van der Waals surface area contributed by atoms with Gasteiger partial charge in [-0.25, -0.2) is 15.2 Å². The number of morpholine rings is 1. The van der Waals surface area contributed by atoms with E-state index in [4.69, 9.17) is 10.6 Å². The summed E-state index contributed by atoms with van der Waals surface area (Å²) in [5.41, 5.74) is 2.29. The van der Waals surface area contributed by atoms with Crippen molar-refractivity contribution in [2.75, 3.05) is 36.6 Å². The second-order valence-corrected chi connectivity index (χ2v) is 3.11. The zero-order valence-electron chi connectivity index (χ0n) is 8.11. The molecule has 0 aromatic carbocycles. The third kappa shape index (κ3) is 2.13. The number of ether oxygens (including phenoxy) is 1. The normalized spacial score (nSPS) is 16.5. The van der Waals surface area contributed by atoms with Gasteiger partial charge in [-0.1, -0.05) is 0 Å². The standard InChI is InChI=1S/C8H12FN5O/c9-6-5-11-8(13-10)12-7(6)14-1-3-15-4-2-14/h5H,1-4,10H2,(H,11,12,13). The van der Waals surface area contributed by atoms with Crippen molar-refractivity contribution in [2.45, 2.75) is 0 Å². The molecule has 0 atom stereocenters. The van der Waals surface area contributed by atoms with Crippen LogP contribution in [0.1, 0.15) is 0 Å². The number of hydrazine groups is 1. The molecule has 1 saturated heterocycles. The van der Waals surface area contributed by atoms with E-state index in [2.05, 4.69) is 15.4 Å². The van der Waals surface area contributed by atoms with Gasteiger partial charge in [0.05, 0.1) is 19.4 Å². The summed E-state index contributed by atoms with van der Waals surface area (Å²) in [5.74, 6) is 5.18. The zero-order valence-corrected chi connectivity index (χ0v) is 8.11. The molecule has 0 saturated carbocycles. The lowest BCUT2D eigenvalue weighted by molar-refractivity contribution is 0.122. The van der Waals surface area contributed by atoms with Crippen LogP contribution in [-0.4, -0.2) is 36.3 Å². The lowest BCUT2D eigenvalue weighted by Crippen LogP contribution is -2.37. The summed E-state index contributed by atoms with van der Waals surface area (Å²) in [6, 6.07) is 0. The average molecular weight is 213 g/mol. The number of nitrogens with two attached hydrogens (primary N) is 1. The Balaban J connectivity index is 2.24. The van der Waals surface area contributed by atoms with E-state index in [1.807, 2.05) is 0 Å². The van der Waals surface area contributed by atoms with Crippen LogP contribution < -0.4 is 16.2 Å². The highest BCUT2D eigenvalue weighted by molar-refractivity contribution is 5.43. The first-order chi connectivity index (χ1) is 7.31. The molecule has 15 heavy (non-hydrogen) atoms. The van der Waals surface area contributed by atoms with Gasteiger partial charge in [0.25, 0.3) is 0 Å². The van der Waals surface area contributed by atoms with E-state index in [1.54, 1.807) is 4.90 Å². The lowest BCUT2D eigenvalue weighted by atomic mass is 10.4. The molecule has 2 rings (SSSR count). The van der Waals surface area contributed by atoms with E-state index in [-0.39, 0.29) is 11.8 Å². The van der Waals surface area contributed by atoms with Crippen molar-refractivity contribution in [3.8, 4) is 0 Å². The van der Waals surface area contributed by atoms with E-state index in [1.165, 1.54) is 0 Å². The van der Waals surface area contributed by atoms with Gasteiger partial charge >= 0.3 is 0 Å². The first-order valence-electron chi connectivity index (χ1n) is 4.63. The molecule has 1 aromatic rings. The lowest BCUT2D eigenvalue weighted by Gasteiger charge is -2.27. The molecule has 7 heteroatoms. The smallest absolute Gasteiger partial charge is 0.239 e. The first-order valence-corrected chi connectivity index (χ1v) is 4.63. The van der Waals surface area contributed by atoms with E-state index in [0.29, 0.717) is 26.3 Å². The van der Waals surface area contributed by atoms with Crippen LogP contribution in [0.2, 0.25) is 0 Å². The van der Waals surface area contributed by atoms with Crippen molar-refractivity contribution < 1.29 is 9.13 Å². The van der Waals surface area contributed by atoms with Gasteiger partial charge in [-0.2, -0.15) is 4.98 Å². The molecule has 0 unspecified atom stereocenters. The zero-order chi connectivity index (χ0) is 10.7.